The first-order chi connectivity index (χ1) is 9.54. The third-order valence-electron chi connectivity index (χ3n) is 3.79. The van der Waals surface area contributed by atoms with Crippen molar-refractivity contribution in [3.63, 3.8) is 0 Å². The number of carbonyl (C=O) groups excluding carboxylic acids is 1. The van der Waals surface area contributed by atoms with E-state index < -0.39 is 12.0 Å². The molecule has 5 nitrogen and oxygen atoms in total. The Bertz CT molecular complexity index is 514. The van der Waals surface area contributed by atoms with Gasteiger partial charge < -0.3 is 14.7 Å². The van der Waals surface area contributed by atoms with Crippen LogP contribution in [0.15, 0.2) is 24.3 Å². The Labute approximate surface area is 118 Å². The molecule has 1 amide bonds. The fourth-order valence-corrected chi connectivity index (χ4v) is 2.59. The van der Waals surface area contributed by atoms with Crippen molar-refractivity contribution < 1.29 is 19.4 Å². The van der Waals surface area contributed by atoms with Crippen LogP contribution in [0.5, 0.6) is 5.75 Å². The van der Waals surface area contributed by atoms with Gasteiger partial charge in [-0.05, 0) is 37.5 Å². The number of carboxylic acids is 1. The van der Waals surface area contributed by atoms with Gasteiger partial charge in [-0.3, -0.25) is 4.79 Å². The fourth-order valence-electron chi connectivity index (χ4n) is 2.59. The van der Waals surface area contributed by atoms with Gasteiger partial charge in [-0.15, -0.1) is 0 Å². The molecule has 2 atom stereocenters. The number of hydrogen-bond donors (Lipinski definition) is 1. The highest BCUT2D eigenvalue weighted by Crippen LogP contribution is 2.26. The normalized spacial score (nSPS) is 19.7. The molecule has 1 aromatic carbocycles. The van der Waals surface area contributed by atoms with Crippen LogP contribution in [0, 0.1) is 0 Å². The first-order valence-electron chi connectivity index (χ1n) is 6.72. The quantitative estimate of drug-likeness (QED) is 0.912. The van der Waals surface area contributed by atoms with E-state index >= 15 is 0 Å². The molecule has 1 saturated heterocycles. The summed E-state index contributed by atoms with van der Waals surface area (Å²) in [5, 5.41) is 9.15. The second kappa shape index (κ2) is 5.94. The average molecular weight is 277 g/mol. The maximum absolute atomic E-state index is 12.5. The number of aliphatic carboxylic acids is 1. The predicted molar refractivity (Wildman–Crippen MR) is 73.8 cm³/mol. The number of likely N-dealkylation sites (tertiary alicyclic amines) is 1. The fraction of sp³-hybridized carbons (Fsp3) is 0.467. The Hall–Kier alpha value is -2.04. The van der Waals surface area contributed by atoms with E-state index in [-0.39, 0.29) is 11.8 Å². The first kappa shape index (κ1) is 14.4. The summed E-state index contributed by atoms with van der Waals surface area (Å²) < 4.78 is 5.15. The number of rotatable bonds is 4. The van der Waals surface area contributed by atoms with E-state index in [2.05, 4.69) is 0 Å². The van der Waals surface area contributed by atoms with Gasteiger partial charge >= 0.3 is 5.97 Å². The minimum absolute atomic E-state index is 0.136. The van der Waals surface area contributed by atoms with Crippen molar-refractivity contribution in [1.82, 2.24) is 4.90 Å². The molecule has 20 heavy (non-hydrogen) atoms. The molecule has 1 heterocycles. The molecule has 0 spiro atoms. The third-order valence-corrected chi connectivity index (χ3v) is 3.79. The molecule has 1 aliphatic heterocycles. The van der Waals surface area contributed by atoms with Crippen LogP contribution in [0.4, 0.5) is 0 Å². The zero-order valence-corrected chi connectivity index (χ0v) is 11.7. The highest BCUT2D eigenvalue weighted by atomic mass is 16.5. The van der Waals surface area contributed by atoms with E-state index in [9.17, 15) is 9.59 Å². The third kappa shape index (κ3) is 2.76. The first-order valence-corrected chi connectivity index (χ1v) is 6.72. The van der Waals surface area contributed by atoms with E-state index in [1.54, 1.807) is 14.0 Å². The molecular weight excluding hydrogens is 258 g/mol. The average Bonchev–Trinajstić information content (AvgIpc) is 2.95. The summed E-state index contributed by atoms with van der Waals surface area (Å²) in [6, 6.07) is 6.63. The molecule has 1 N–H and O–H groups in total. The SMILES string of the molecule is COc1cccc(C(C)C(=O)N2CCCC2C(=O)O)c1. The van der Waals surface area contributed by atoms with E-state index in [4.69, 9.17) is 9.84 Å². The standard InChI is InChI=1S/C15H19NO4/c1-10(11-5-3-6-12(9-11)20-2)14(17)16-8-4-7-13(16)15(18)19/h3,5-6,9-10,13H,4,7-8H2,1-2H3,(H,18,19). The van der Waals surface area contributed by atoms with Crippen LogP contribution in [0.1, 0.15) is 31.2 Å². The topological polar surface area (TPSA) is 66.8 Å². The summed E-state index contributed by atoms with van der Waals surface area (Å²) >= 11 is 0. The van der Waals surface area contributed by atoms with Crippen molar-refractivity contribution in [3.8, 4) is 5.75 Å². The van der Waals surface area contributed by atoms with Crippen LogP contribution in [-0.4, -0.2) is 41.6 Å². The number of amides is 1. The molecule has 0 bridgehead atoms. The summed E-state index contributed by atoms with van der Waals surface area (Å²) in [6.07, 6.45) is 1.28. The molecular formula is C15H19NO4. The molecule has 1 fully saturated rings. The maximum Gasteiger partial charge on any atom is 0.326 e. The van der Waals surface area contributed by atoms with Crippen LogP contribution in [0.2, 0.25) is 0 Å². The van der Waals surface area contributed by atoms with Crippen molar-refractivity contribution in [2.75, 3.05) is 13.7 Å². The van der Waals surface area contributed by atoms with Crippen LogP contribution >= 0.6 is 0 Å². The molecule has 2 rings (SSSR count). The number of hydrogen-bond acceptors (Lipinski definition) is 3. The van der Waals surface area contributed by atoms with Gasteiger partial charge in [0.05, 0.1) is 13.0 Å². The Morgan fingerprint density at radius 2 is 2.20 bits per heavy atom. The number of methoxy groups -OCH3 is 1. The summed E-state index contributed by atoms with van der Waals surface area (Å²) in [5.74, 6) is -0.736. The second-order valence-corrected chi connectivity index (χ2v) is 5.03. The van der Waals surface area contributed by atoms with E-state index in [0.717, 1.165) is 12.0 Å². The summed E-state index contributed by atoms with van der Waals surface area (Å²) in [4.78, 5) is 25.1. The molecule has 2 unspecified atom stereocenters. The molecule has 0 aliphatic carbocycles. The second-order valence-electron chi connectivity index (χ2n) is 5.03. The van der Waals surface area contributed by atoms with Crippen molar-refractivity contribution >= 4 is 11.9 Å². The number of carbonyl (C=O) groups is 2. The lowest BCUT2D eigenvalue weighted by atomic mass is 9.99. The molecule has 5 heteroatoms. The van der Waals surface area contributed by atoms with Crippen LogP contribution in [-0.2, 0) is 9.59 Å². The predicted octanol–water partition coefficient (Wildman–Crippen LogP) is 1.87. The zero-order valence-electron chi connectivity index (χ0n) is 11.7. The highest BCUT2D eigenvalue weighted by molar-refractivity contribution is 5.88. The lowest BCUT2D eigenvalue weighted by Gasteiger charge is -2.25. The summed E-state index contributed by atoms with van der Waals surface area (Å²) in [6.45, 7) is 2.32. The van der Waals surface area contributed by atoms with Crippen molar-refractivity contribution in [2.45, 2.75) is 31.7 Å². The largest absolute Gasteiger partial charge is 0.497 e. The van der Waals surface area contributed by atoms with Gasteiger partial charge in [0.25, 0.3) is 0 Å². The van der Waals surface area contributed by atoms with Crippen molar-refractivity contribution in [3.05, 3.63) is 29.8 Å². The summed E-state index contributed by atoms with van der Waals surface area (Å²) in [7, 11) is 1.58. The van der Waals surface area contributed by atoms with Gasteiger partial charge in [-0.25, -0.2) is 4.79 Å². The maximum atomic E-state index is 12.5. The van der Waals surface area contributed by atoms with Crippen LogP contribution < -0.4 is 4.74 Å². The van der Waals surface area contributed by atoms with Crippen molar-refractivity contribution in [1.29, 1.82) is 0 Å². The Kier molecular flexibility index (Phi) is 4.27. The zero-order chi connectivity index (χ0) is 14.7. The highest BCUT2D eigenvalue weighted by Gasteiger charge is 2.36. The number of carboxylic acid groups (broad SMARTS) is 1. The minimum atomic E-state index is -0.923. The van der Waals surface area contributed by atoms with Gasteiger partial charge in [0.1, 0.15) is 11.8 Å². The number of ether oxygens (including phenoxy) is 1. The van der Waals surface area contributed by atoms with E-state index in [1.165, 1.54) is 4.90 Å². The van der Waals surface area contributed by atoms with Gasteiger partial charge in [0.2, 0.25) is 5.91 Å². The van der Waals surface area contributed by atoms with Gasteiger partial charge in [-0.2, -0.15) is 0 Å². The Morgan fingerprint density at radius 1 is 1.45 bits per heavy atom. The van der Waals surface area contributed by atoms with Crippen molar-refractivity contribution in [2.24, 2.45) is 0 Å². The number of nitrogens with zero attached hydrogens (tertiary/aromatic N) is 1. The molecule has 0 radical (unpaired) electrons. The molecule has 0 aromatic heterocycles. The minimum Gasteiger partial charge on any atom is -0.497 e. The molecule has 108 valence electrons. The smallest absolute Gasteiger partial charge is 0.326 e. The monoisotopic (exact) mass is 277 g/mol. The lowest BCUT2D eigenvalue weighted by Crippen LogP contribution is -2.42. The Balaban J connectivity index is 2.17. The van der Waals surface area contributed by atoms with Crippen LogP contribution in [0.25, 0.3) is 0 Å². The summed E-state index contributed by atoms with van der Waals surface area (Å²) in [5.41, 5.74) is 0.838. The number of benzene rings is 1. The van der Waals surface area contributed by atoms with E-state index in [1.807, 2.05) is 24.3 Å². The molecule has 0 saturated carbocycles. The molecule has 1 aliphatic rings. The molecule has 1 aromatic rings. The van der Waals surface area contributed by atoms with E-state index in [0.29, 0.717) is 18.7 Å². The van der Waals surface area contributed by atoms with Gasteiger partial charge in [-0.1, -0.05) is 12.1 Å². The van der Waals surface area contributed by atoms with Crippen LogP contribution in [0.3, 0.4) is 0 Å². The Morgan fingerprint density at radius 3 is 2.85 bits per heavy atom. The lowest BCUT2D eigenvalue weighted by molar-refractivity contribution is -0.148. The van der Waals surface area contributed by atoms with Gasteiger partial charge in [0.15, 0.2) is 0 Å². The van der Waals surface area contributed by atoms with Gasteiger partial charge in [0, 0.05) is 6.54 Å².